The van der Waals surface area contributed by atoms with Gasteiger partial charge in [0.1, 0.15) is 0 Å². The molecule has 2 N–H and O–H groups in total. The Bertz CT molecular complexity index is 1220. The monoisotopic (exact) mass is 513 g/mol. The third kappa shape index (κ3) is 5.01. The normalized spacial score (nSPS) is 11.9. The van der Waals surface area contributed by atoms with Gasteiger partial charge in [-0.1, -0.05) is 63.4 Å². The number of aromatic amines is 1. The summed E-state index contributed by atoms with van der Waals surface area (Å²) in [6.07, 6.45) is 0. The topological polar surface area (TPSA) is 57.8 Å². The van der Waals surface area contributed by atoms with Crippen molar-refractivity contribution in [2.45, 2.75) is 13.0 Å². The number of nitrogens with zero attached hydrogens (tertiary/aromatic N) is 1. The van der Waals surface area contributed by atoms with Gasteiger partial charge in [0.2, 0.25) is 0 Å². The van der Waals surface area contributed by atoms with E-state index in [9.17, 15) is 4.79 Å². The lowest BCUT2D eigenvalue weighted by atomic mass is 10.1. The maximum atomic E-state index is 12.6. The summed E-state index contributed by atoms with van der Waals surface area (Å²) in [5, 5.41) is 11.5. The van der Waals surface area contributed by atoms with E-state index in [1.165, 1.54) is 0 Å². The number of nitrogens with one attached hydrogen (secondary N) is 2. The van der Waals surface area contributed by atoms with Crippen molar-refractivity contribution in [1.82, 2.24) is 15.5 Å². The Hall–Kier alpha value is -2.60. The van der Waals surface area contributed by atoms with E-state index in [2.05, 4.69) is 31.4 Å². The second-order valence-corrected chi connectivity index (χ2v) is 8.87. The number of aromatic nitrogens is 2. The van der Waals surface area contributed by atoms with Gasteiger partial charge in [-0.15, -0.1) is 0 Å². The number of H-pyrrole nitrogens is 1. The highest BCUT2D eigenvalue weighted by molar-refractivity contribution is 9.10. The molecule has 156 valence electrons. The minimum Gasteiger partial charge on any atom is -0.346 e. The third-order valence-corrected chi connectivity index (χ3v) is 6.04. The molecule has 0 radical (unpaired) electrons. The van der Waals surface area contributed by atoms with E-state index in [0.29, 0.717) is 15.6 Å². The fraction of sp³-hybridized carbons (Fsp3) is 0.0833. The van der Waals surface area contributed by atoms with E-state index < -0.39 is 0 Å². The quantitative estimate of drug-likeness (QED) is 0.293. The Morgan fingerprint density at radius 2 is 1.71 bits per heavy atom. The predicted octanol–water partition coefficient (Wildman–Crippen LogP) is 7.30. The van der Waals surface area contributed by atoms with Gasteiger partial charge in [0, 0.05) is 26.2 Å². The number of amides is 1. The molecule has 1 atom stereocenters. The molecule has 4 aromatic rings. The highest BCUT2D eigenvalue weighted by atomic mass is 79.9. The van der Waals surface area contributed by atoms with Gasteiger partial charge < -0.3 is 5.32 Å². The second kappa shape index (κ2) is 9.27. The van der Waals surface area contributed by atoms with Gasteiger partial charge in [-0.2, -0.15) is 5.10 Å². The molecule has 1 aromatic heterocycles. The van der Waals surface area contributed by atoms with E-state index in [0.717, 1.165) is 32.6 Å². The molecule has 0 aliphatic carbocycles. The number of rotatable bonds is 5. The summed E-state index contributed by atoms with van der Waals surface area (Å²) in [6.45, 7) is 1.96. The van der Waals surface area contributed by atoms with Crippen molar-refractivity contribution >= 4 is 45.0 Å². The minimum absolute atomic E-state index is 0.0988. The molecule has 0 bridgehead atoms. The zero-order chi connectivity index (χ0) is 22.0. The van der Waals surface area contributed by atoms with Crippen LogP contribution in [-0.2, 0) is 0 Å². The number of halogens is 3. The maximum Gasteiger partial charge on any atom is 0.251 e. The number of hydrogen-bond donors (Lipinski definition) is 2. The molecular weight excluding hydrogens is 497 g/mol. The lowest BCUT2D eigenvalue weighted by Gasteiger charge is -2.14. The van der Waals surface area contributed by atoms with Crippen molar-refractivity contribution in [2.24, 2.45) is 0 Å². The van der Waals surface area contributed by atoms with Crippen LogP contribution >= 0.6 is 39.1 Å². The summed E-state index contributed by atoms with van der Waals surface area (Å²) in [4.78, 5) is 12.6. The molecule has 4 rings (SSSR count). The molecule has 31 heavy (non-hydrogen) atoms. The van der Waals surface area contributed by atoms with Crippen LogP contribution in [0.4, 0.5) is 0 Å². The summed E-state index contributed by atoms with van der Waals surface area (Å²) < 4.78 is 1.00. The van der Waals surface area contributed by atoms with Crippen LogP contribution in [0, 0.1) is 0 Å². The van der Waals surface area contributed by atoms with E-state index in [1.807, 2.05) is 55.5 Å². The van der Waals surface area contributed by atoms with E-state index in [-0.39, 0.29) is 11.9 Å². The fourth-order valence-corrected chi connectivity index (χ4v) is 4.00. The number of carbonyl (C=O) groups excluding carboxylic acids is 1. The fourth-order valence-electron chi connectivity index (χ4n) is 3.22. The average molecular weight is 515 g/mol. The standard InChI is InChI=1S/C24H18BrCl2N3O/c1-14(15-6-8-18(25)9-7-15)28-24(31)17-4-2-16(3-5-17)22-13-23(30-29-22)20-11-10-19(26)12-21(20)27/h2-14H,1H3,(H,28,31)(H,29,30). The van der Waals surface area contributed by atoms with E-state index >= 15 is 0 Å². The molecule has 3 aromatic carbocycles. The first-order chi connectivity index (χ1) is 14.9. The van der Waals surface area contributed by atoms with Gasteiger partial charge >= 0.3 is 0 Å². The van der Waals surface area contributed by atoms with Crippen LogP contribution in [0.3, 0.4) is 0 Å². The first-order valence-electron chi connectivity index (χ1n) is 9.58. The summed E-state index contributed by atoms with van der Waals surface area (Å²) in [6, 6.07) is 22.4. The lowest BCUT2D eigenvalue weighted by Crippen LogP contribution is -2.26. The Kier molecular flexibility index (Phi) is 6.46. The molecule has 0 aliphatic rings. The smallest absolute Gasteiger partial charge is 0.251 e. The first-order valence-corrected chi connectivity index (χ1v) is 11.1. The first kappa shape index (κ1) is 21.6. The number of hydrogen-bond acceptors (Lipinski definition) is 2. The summed E-state index contributed by atoms with van der Waals surface area (Å²) in [5.41, 5.74) is 4.90. The largest absolute Gasteiger partial charge is 0.346 e. The van der Waals surface area contributed by atoms with Gasteiger partial charge in [0.25, 0.3) is 5.91 Å². The highest BCUT2D eigenvalue weighted by Gasteiger charge is 2.13. The third-order valence-electron chi connectivity index (χ3n) is 4.96. The van der Waals surface area contributed by atoms with E-state index in [1.54, 1.807) is 24.3 Å². The van der Waals surface area contributed by atoms with Crippen LogP contribution in [0.1, 0.15) is 28.9 Å². The van der Waals surface area contributed by atoms with Crippen molar-refractivity contribution in [3.63, 3.8) is 0 Å². The Morgan fingerprint density at radius 3 is 2.39 bits per heavy atom. The second-order valence-electron chi connectivity index (χ2n) is 7.12. The SMILES string of the molecule is CC(NC(=O)c1ccc(-c2cc(-c3ccc(Cl)cc3Cl)[nH]n2)cc1)c1ccc(Br)cc1. The molecule has 0 saturated carbocycles. The van der Waals surface area contributed by atoms with Crippen molar-refractivity contribution in [2.75, 3.05) is 0 Å². The molecule has 1 heterocycles. The predicted molar refractivity (Wildman–Crippen MR) is 130 cm³/mol. The molecule has 0 aliphatic heterocycles. The van der Waals surface area contributed by atoms with Gasteiger partial charge in [-0.05, 0) is 61.0 Å². The summed E-state index contributed by atoms with van der Waals surface area (Å²) >= 11 is 15.7. The summed E-state index contributed by atoms with van der Waals surface area (Å²) in [5.74, 6) is -0.127. The van der Waals surface area contributed by atoms with Crippen molar-refractivity contribution in [1.29, 1.82) is 0 Å². The van der Waals surface area contributed by atoms with Crippen molar-refractivity contribution in [3.05, 3.63) is 98.4 Å². The Labute approximate surface area is 198 Å². The molecule has 4 nitrogen and oxygen atoms in total. The van der Waals surface area contributed by atoms with Gasteiger partial charge in [-0.25, -0.2) is 0 Å². The van der Waals surface area contributed by atoms with Crippen LogP contribution in [0.5, 0.6) is 0 Å². The van der Waals surface area contributed by atoms with Crippen LogP contribution < -0.4 is 5.32 Å². The van der Waals surface area contributed by atoms with Crippen molar-refractivity contribution in [3.8, 4) is 22.5 Å². The van der Waals surface area contributed by atoms with Crippen LogP contribution in [0.25, 0.3) is 22.5 Å². The molecule has 0 spiro atoms. The maximum absolute atomic E-state index is 12.6. The highest BCUT2D eigenvalue weighted by Crippen LogP contribution is 2.31. The zero-order valence-corrected chi connectivity index (χ0v) is 19.6. The molecule has 1 amide bonds. The number of carbonyl (C=O) groups is 1. The molecule has 0 fully saturated rings. The average Bonchev–Trinajstić information content (AvgIpc) is 3.24. The minimum atomic E-state index is -0.127. The molecular formula is C24H18BrCl2N3O. The van der Waals surface area contributed by atoms with Gasteiger partial charge in [0.15, 0.2) is 0 Å². The zero-order valence-electron chi connectivity index (χ0n) is 16.5. The molecule has 0 saturated heterocycles. The van der Waals surface area contributed by atoms with Gasteiger partial charge in [0.05, 0.1) is 22.5 Å². The Morgan fingerprint density at radius 1 is 1.00 bits per heavy atom. The van der Waals surface area contributed by atoms with Crippen LogP contribution in [0.2, 0.25) is 10.0 Å². The van der Waals surface area contributed by atoms with Gasteiger partial charge in [-0.3, -0.25) is 9.89 Å². The Balaban J connectivity index is 1.47. The molecule has 1 unspecified atom stereocenters. The summed E-state index contributed by atoms with van der Waals surface area (Å²) in [7, 11) is 0. The number of benzene rings is 3. The van der Waals surface area contributed by atoms with Crippen LogP contribution in [0.15, 0.2) is 77.3 Å². The van der Waals surface area contributed by atoms with Crippen LogP contribution in [-0.4, -0.2) is 16.1 Å². The van der Waals surface area contributed by atoms with Crippen molar-refractivity contribution < 1.29 is 4.79 Å². The molecule has 7 heteroatoms. The lowest BCUT2D eigenvalue weighted by molar-refractivity contribution is 0.0940. The van der Waals surface area contributed by atoms with E-state index in [4.69, 9.17) is 23.2 Å².